The van der Waals surface area contributed by atoms with Crippen LogP contribution in [0.1, 0.15) is 49.4 Å². The van der Waals surface area contributed by atoms with Crippen molar-refractivity contribution in [1.29, 1.82) is 0 Å². The normalized spacial score (nSPS) is 10.9. The number of aromatic nitrogens is 3. The Morgan fingerprint density at radius 2 is 1.90 bits per heavy atom. The summed E-state index contributed by atoms with van der Waals surface area (Å²) in [5.41, 5.74) is 2.19. The predicted octanol–water partition coefficient (Wildman–Crippen LogP) is 3.80. The highest BCUT2D eigenvalue weighted by Crippen LogP contribution is 2.28. The lowest BCUT2D eigenvalue weighted by Gasteiger charge is -2.17. The SMILES string of the molecule is CCCNc1ncnc(NCc2csc(C)n2)c1C(C)C. The van der Waals surface area contributed by atoms with Crippen LogP contribution in [0.3, 0.4) is 0 Å². The van der Waals surface area contributed by atoms with E-state index in [1.165, 1.54) is 0 Å². The first-order valence-electron chi connectivity index (χ1n) is 7.35. The summed E-state index contributed by atoms with van der Waals surface area (Å²) in [7, 11) is 0. The molecule has 0 spiro atoms. The standard InChI is InChI=1S/C15H23N5S/c1-5-6-16-14-13(10(2)3)15(19-9-18-14)17-7-12-8-21-11(4)20-12/h8-10H,5-7H2,1-4H3,(H2,16,17,18,19). The predicted molar refractivity (Wildman–Crippen MR) is 89.1 cm³/mol. The maximum atomic E-state index is 4.47. The van der Waals surface area contributed by atoms with E-state index in [0.29, 0.717) is 12.5 Å². The number of nitrogens with zero attached hydrogens (tertiary/aromatic N) is 3. The van der Waals surface area contributed by atoms with Crippen molar-refractivity contribution in [1.82, 2.24) is 15.0 Å². The quantitative estimate of drug-likeness (QED) is 0.814. The smallest absolute Gasteiger partial charge is 0.135 e. The van der Waals surface area contributed by atoms with E-state index in [4.69, 9.17) is 0 Å². The molecule has 114 valence electrons. The summed E-state index contributed by atoms with van der Waals surface area (Å²) < 4.78 is 0. The molecular weight excluding hydrogens is 282 g/mol. The van der Waals surface area contributed by atoms with Crippen LogP contribution in [0.25, 0.3) is 0 Å². The van der Waals surface area contributed by atoms with Gasteiger partial charge in [-0.2, -0.15) is 0 Å². The summed E-state index contributed by atoms with van der Waals surface area (Å²) in [5.74, 6) is 2.17. The van der Waals surface area contributed by atoms with E-state index in [9.17, 15) is 0 Å². The zero-order valence-electron chi connectivity index (χ0n) is 13.1. The Labute approximate surface area is 130 Å². The van der Waals surface area contributed by atoms with Crippen molar-refractivity contribution in [3.63, 3.8) is 0 Å². The minimum atomic E-state index is 0.352. The van der Waals surface area contributed by atoms with E-state index in [0.717, 1.165) is 40.9 Å². The van der Waals surface area contributed by atoms with Crippen LogP contribution in [0, 0.1) is 6.92 Å². The molecule has 0 radical (unpaired) electrons. The minimum absolute atomic E-state index is 0.352. The second-order valence-electron chi connectivity index (χ2n) is 5.28. The Kier molecular flexibility index (Phi) is 5.50. The first kappa shape index (κ1) is 15.7. The van der Waals surface area contributed by atoms with Gasteiger partial charge < -0.3 is 10.6 Å². The van der Waals surface area contributed by atoms with Gasteiger partial charge in [0.25, 0.3) is 0 Å². The molecule has 0 aliphatic heterocycles. The maximum absolute atomic E-state index is 4.47. The zero-order chi connectivity index (χ0) is 15.2. The van der Waals surface area contributed by atoms with Crippen LogP contribution in [0.2, 0.25) is 0 Å². The third-order valence-electron chi connectivity index (χ3n) is 3.11. The van der Waals surface area contributed by atoms with Crippen LogP contribution in [0.15, 0.2) is 11.7 Å². The van der Waals surface area contributed by atoms with Crippen molar-refractivity contribution >= 4 is 23.0 Å². The molecule has 2 rings (SSSR count). The lowest BCUT2D eigenvalue weighted by atomic mass is 10.0. The van der Waals surface area contributed by atoms with Crippen LogP contribution in [0.4, 0.5) is 11.6 Å². The van der Waals surface area contributed by atoms with Gasteiger partial charge in [-0.1, -0.05) is 20.8 Å². The molecule has 21 heavy (non-hydrogen) atoms. The molecule has 0 amide bonds. The van der Waals surface area contributed by atoms with Crippen LogP contribution in [-0.4, -0.2) is 21.5 Å². The first-order chi connectivity index (χ1) is 10.1. The minimum Gasteiger partial charge on any atom is -0.370 e. The van der Waals surface area contributed by atoms with Crippen LogP contribution in [0.5, 0.6) is 0 Å². The van der Waals surface area contributed by atoms with Gasteiger partial charge >= 0.3 is 0 Å². The highest BCUT2D eigenvalue weighted by atomic mass is 32.1. The van der Waals surface area contributed by atoms with Crippen molar-refractivity contribution in [2.24, 2.45) is 0 Å². The summed E-state index contributed by atoms with van der Waals surface area (Å²) in [6.45, 7) is 10.1. The molecule has 5 nitrogen and oxygen atoms in total. The lowest BCUT2D eigenvalue weighted by molar-refractivity contribution is 0.838. The van der Waals surface area contributed by atoms with Gasteiger partial charge in [0.1, 0.15) is 18.0 Å². The Balaban J connectivity index is 2.17. The molecule has 0 aliphatic rings. The van der Waals surface area contributed by atoms with E-state index in [1.807, 2.05) is 6.92 Å². The molecule has 0 aromatic carbocycles. The molecule has 0 saturated heterocycles. The molecule has 0 unspecified atom stereocenters. The van der Waals surface area contributed by atoms with Gasteiger partial charge in [-0.3, -0.25) is 0 Å². The lowest BCUT2D eigenvalue weighted by Crippen LogP contribution is -2.12. The van der Waals surface area contributed by atoms with Crippen LogP contribution >= 0.6 is 11.3 Å². The summed E-state index contributed by atoms with van der Waals surface area (Å²) in [5, 5.41) is 9.94. The number of hydrogen-bond acceptors (Lipinski definition) is 6. The summed E-state index contributed by atoms with van der Waals surface area (Å²) in [6.07, 6.45) is 2.68. The molecule has 2 heterocycles. The van der Waals surface area contributed by atoms with E-state index >= 15 is 0 Å². The van der Waals surface area contributed by atoms with Crippen molar-refractivity contribution < 1.29 is 0 Å². The molecule has 0 bridgehead atoms. The van der Waals surface area contributed by atoms with Gasteiger partial charge in [-0.25, -0.2) is 15.0 Å². The summed E-state index contributed by atoms with van der Waals surface area (Å²) in [6, 6.07) is 0. The number of hydrogen-bond donors (Lipinski definition) is 2. The topological polar surface area (TPSA) is 62.7 Å². The van der Waals surface area contributed by atoms with Gasteiger partial charge in [-0.05, 0) is 19.3 Å². The highest BCUT2D eigenvalue weighted by Gasteiger charge is 2.14. The fourth-order valence-corrected chi connectivity index (χ4v) is 2.74. The second-order valence-corrected chi connectivity index (χ2v) is 6.34. The van der Waals surface area contributed by atoms with Gasteiger partial charge in [0, 0.05) is 17.5 Å². The monoisotopic (exact) mass is 305 g/mol. The van der Waals surface area contributed by atoms with E-state index < -0.39 is 0 Å². The molecule has 0 aliphatic carbocycles. The Hall–Kier alpha value is -1.69. The van der Waals surface area contributed by atoms with Crippen molar-refractivity contribution in [2.75, 3.05) is 17.2 Å². The Morgan fingerprint density at radius 3 is 2.48 bits per heavy atom. The maximum Gasteiger partial charge on any atom is 0.135 e. The van der Waals surface area contributed by atoms with Gasteiger partial charge in [0.15, 0.2) is 0 Å². The zero-order valence-corrected chi connectivity index (χ0v) is 13.9. The second kappa shape index (κ2) is 7.36. The molecule has 0 fully saturated rings. The molecule has 0 atom stereocenters. The molecule has 2 aromatic rings. The number of anilines is 2. The van der Waals surface area contributed by atoms with Crippen molar-refractivity contribution in [3.05, 3.63) is 28.0 Å². The van der Waals surface area contributed by atoms with E-state index in [2.05, 4.69) is 51.7 Å². The average Bonchev–Trinajstić information content (AvgIpc) is 2.88. The molecule has 6 heteroatoms. The average molecular weight is 305 g/mol. The number of aryl methyl sites for hydroxylation is 1. The van der Waals surface area contributed by atoms with Crippen LogP contribution in [-0.2, 0) is 6.54 Å². The summed E-state index contributed by atoms with van der Waals surface area (Å²) >= 11 is 1.67. The molecule has 0 saturated carbocycles. The van der Waals surface area contributed by atoms with Crippen molar-refractivity contribution in [2.45, 2.75) is 46.6 Å². The van der Waals surface area contributed by atoms with Gasteiger partial charge in [-0.15, -0.1) is 11.3 Å². The molecular formula is C15H23N5S. The third-order valence-corrected chi connectivity index (χ3v) is 3.93. The fourth-order valence-electron chi connectivity index (χ4n) is 2.13. The van der Waals surface area contributed by atoms with Crippen LogP contribution < -0.4 is 10.6 Å². The number of thiazole rings is 1. The third kappa shape index (κ3) is 4.14. The fraction of sp³-hybridized carbons (Fsp3) is 0.533. The van der Waals surface area contributed by atoms with E-state index in [1.54, 1.807) is 17.7 Å². The van der Waals surface area contributed by atoms with Crippen molar-refractivity contribution in [3.8, 4) is 0 Å². The molecule has 2 N–H and O–H groups in total. The highest BCUT2D eigenvalue weighted by molar-refractivity contribution is 7.09. The Bertz CT molecular complexity index is 579. The first-order valence-corrected chi connectivity index (χ1v) is 8.23. The summed E-state index contributed by atoms with van der Waals surface area (Å²) in [4.78, 5) is 13.3. The van der Waals surface area contributed by atoms with Gasteiger partial charge in [0.2, 0.25) is 0 Å². The van der Waals surface area contributed by atoms with E-state index in [-0.39, 0.29) is 0 Å². The Morgan fingerprint density at radius 1 is 1.19 bits per heavy atom. The molecule has 2 aromatic heterocycles. The number of rotatable bonds is 7. The van der Waals surface area contributed by atoms with Gasteiger partial charge in [0.05, 0.1) is 17.2 Å². The number of nitrogens with one attached hydrogen (secondary N) is 2. The largest absolute Gasteiger partial charge is 0.370 e.